The Morgan fingerprint density at radius 3 is 2.89 bits per heavy atom. The highest BCUT2D eigenvalue weighted by Crippen LogP contribution is 2.15. The summed E-state index contributed by atoms with van der Waals surface area (Å²) in [5, 5.41) is 0. The van der Waals surface area contributed by atoms with Gasteiger partial charge in [-0.05, 0) is 44.4 Å². The van der Waals surface area contributed by atoms with Gasteiger partial charge in [-0.1, -0.05) is 12.1 Å². The Labute approximate surface area is 108 Å². The molecule has 0 aliphatic carbocycles. The summed E-state index contributed by atoms with van der Waals surface area (Å²) in [6.45, 7) is 4.08. The fourth-order valence-electron chi connectivity index (χ4n) is 1.53. The second-order valence-corrected chi connectivity index (χ2v) is 4.26. The summed E-state index contributed by atoms with van der Waals surface area (Å²) in [5.41, 5.74) is 6.88. The number of hydrogen-bond donors (Lipinski definition) is 1. The SMILES string of the molecule is CCOC(=O)COc1cccc(CC[C@H](C)N)c1. The van der Waals surface area contributed by atoms with Crippen molar-refractivity contribution < 1.29 is 14.3 Å². The van der Waals surface area contributed by atoms with E-state index in [1.54, 1.807) is 6.92 Å². The molecule has 4 heteroatoms. The molecule has 0 saturated heterocycles. The van der Waals surface area contributed by atoms with Gasteiger partial charge < -0.3 is 15.2 Å². The molecule has 1 aromatic carbocycles. The van der Waals surface area contributed by atoms with Crippen LogP contribution >= 0.6 is 0 Å². The molecule has 0 radical (unpaired) electrons. The molecule has 0 unspecified atom stereocenters. The standard InChI is InChI=1S/C14H21NO3/c1-3-17-14(16)10-18-13-6-4-5-12(9-13)8-7-11(2)15/h4-6,9,11H,3,7-8,10,15H2,1-2H3/t11-/m0/s1. The number of carbonyl (C=O) groups is 1. The molecule has 0 heterocycles. The van der Waals surface area contributed by atoms with Gasteiger partial charge in [0.25, 0.3) is 0 Å². The van der Waals surface area contributed by atoms with Gasteiger partial charge in [0, 0.05) is 6.04 Å². The summed E-state index contributed by atoms with van der Waals surface area (Å²) in [5.74, 6) is 0.337. The van der Waals surface area contributed by atoms with E-state index < -0.39 is 0 Å². The van der Waals surface area contributed by atoms with Gasteiger partial charge in [-0.3, -0.25) is 0 Å². The Balaban J connectivity index is 2.46. The third kappa shape index (κ3) is 5.68. The molecule has 0 spiro atoms. The van der Waals surface area contributed by atoms with Gasteiger partial charge in [0.05, 0.1) is 6.61 Å². The zero-order valence-corrected chi connectivity index (χ0v) is 11.0. The van der Waals surface area contributed by atoms with E-state index in [4.69, 9.17) is 15.2 Å². The lowest BCUT2D eigenvalue weighted by molar-refractivity contribution is -0.145. The molecule has 1 rings (SSSR count). The third-order valence-electron chi connectivity index (χ3n) is 2.45. The van der Waals surface area contributed by atoms with Crippen LogP contribution in [0.5, 0.6) is 5.75 Å². The molecule has 0 amide bonds. The molecule has 2 N–H and O–H groups in total. The molecule has 4 nitrogen and oxygen atoms in total. The number of carbonyl (C=O) groups excluding carboxylic acids is 1. The van der Waals surface area contributed by atoms with Gasteiger partial charge in [0.2, 0.25) is 0 Å². The number of nitrogens with two attached hydrogens (primary N) is 1. The maximum absolute atomic E-state index is 11.2. The normalized spacial score (nSPS) is 11.9. The van der Waals surface area contributed by atoms with E-state index in [0.717, 1.165) is 18.4 Å². The minimum absolute atomic E-state index is 0.0510. The van der Waals surface area contributed by atoms with Crippen molar-refractivity contribution in [2.75, 3.05) is 13.2 Å². The molecule has 0 fully saturated rings. The van der Waals surface area contributed by atoms with Crippen LogP contribution in [0.25, 0.3) is 0 Å². The quantitative estimate of drug-likeness (QED) is 0.752. The van der Waals surface area contributed by atoms with Crippen molar-refractivity contribution in [2.24, 2.45) is 5.73 Å². The molecule has 1 atom stereocenters. The van der Waals surface area contributed by atoms with Crippen molar-refractivity contribution >= 4 is 5.97 Å². The van der Waals surface area contributed by atoms with Crippen molar-refractivity contribution in [1.29, 1.82) is 0 Å². The smallest absolute Gasteiger partial charge is 0.344 e. The van der Waals surface area contributed by atoms with Crippen LogP contribution in [0.4, 0.5) is 0 Å². The first kappa shape index (κ1) is 14.5. The zero-order valence-electron chi connectivity index (χ0n) is 11.0. The van der Waals surface area contributed by atoms with Crippen molar-refractivity contribution in [3.63, 3.8) is 0 Å². The monoisotopic (exact) mass is 251 g/mol. The Morgan fingerprint density at radius 1 is 1.44 bits per heavy atom. The predicted molar refractivity (Wildman–Crippen MR) is 70.5 cm³/mol. The summed E-state index contributed by atoms with van der Waals surface area (Å²) >= 11 is 0. The van der Waals surface area contributed by atoms with E-state index in [1.807, 2.05) is 31.2 Å². The van der Waals surface area contributed by atoms with E-state index in [0.29, 0.717) is 12.4 Å². The average molecular weight is 251 g/mol. The van der Waals surface area contributed by atoms with Gasteiger partial charge in [-0.25, -0.2) is 4.79 Å². The first-order chi connectivity index (χ1) is 8.61. The lowest BCUT2D eigenvalue weighted by atomic mass is 10.1. The average Bonchev–Trinajstić information content (AvgIpc) is 2.35. The van der Waals surface area contributed by atoms with E-state index >= 15 is 0 Å². The van der Waals surface area contributed by atoms with Crippen LogP contribution < -0.4 is 10.5 Å². The Kier molecular flexibility index (Phi) is 6.22. The van der Waals surface area contributed by atoms with Crippen LogP contribution in [0.15, 0.2) is 24.3 Å². The van der Waals surface area contributed by atoms with Crippen LogP contribution in [0.3, 0.4) is 0 Å². The number of benzene rings is 1. The molecule has 0 aromatic heterocycles. The summed E-state index contributed by atoms with van der Waals surface area (Å²) in [7, 11) is 0. The molecular formula is C14H21NO3. The van der Waals surface area contributed by atoms with Crippen molar-refractivity contribution in [2.45, 2.75) is 32.7 Å². The Bertz CT molecular complexity index is 377. The van der Waals surface area contributed by atoms with Gasteiger partial charge in [-0.2, -0.15) is 0 Å². The van der Waals surface area contributed by atoms with Crippen LogP contribution in [0.2, 0.25) is 0 Å². The molecule has 1 aromatic rings. The van der Waals surface area contributed by atoms with E-state index in [2.05, 4.69) is 0 Å². The lowest BCUT2D eigenvalue weighted by Crippen LogP contribution is -2.15. The summed E-state index contributed by atoms with van der Waals surface area (Å²) in [6, 6.07) is 7.89. The minimum Gasteiger partial charge on any atom is -0.482 e. The molecule has 0 saturated carbocycles. The Morgan fingerprint density at radius 2 is 2.22 bits per heavy atom. The topological polar surface area (TPSA) is 61.5 Å². The molecule has 0 bridgehead atoms. The number of rotatable bonds is 7. The predicted octanol–water partition coefficient (Wildman–Crippen LogP) is 1.91. The van der Waals surface area contributed by atoms with Crippen LogP contribution in [0, 0.1) is 0 Å². The number of aryl methyl sites for hydroxylation is 1. The molecular weight excluding hydrogens is 230 g/mol. The number of esters is 1. The minimum atomic E-state index is -0.349. The van der Waals surface area contributed by atoms with E-state index in [9.17, 15) is 4.79 Å². The maximum atomic E-state index is 11.2. The van der Waals surface area contributed by atoms with Gasteiger partial charge in [0.1, 0.15) is 5.75 Å². The van der Waals surface area contributed by atoms with Crippen LogP contribution in [-0.4, -0.2) is 25.2 Å². The van der Waals surface area contributed by atoms with Gasteiger partial charge >= 0.3 is 5.97 Å². The first-order valence-electron chi connectivity index (χ1n) is 6.24. The Hall–Kier alpha value is -1.55. The van der Waals surface area contributed by atoms with E-state index in [-0.39, 0.29) is 18.6 Å². The van der Waals surface area contributed by atoms with Gasteiger partial charge in [-0.15, -0.1) is 0 Å². The second-order valence-electron chi connectivity index (χ2n) is 4.26. The van der Waals surface area contributed by atoms with Gasteiger partial charge in [0.15, 0.2) is 6.61 Å². The molecule has 100 valence electrons. The lowest BCUT2D eigenvalue weighted by Gasteiger charge is -2.08. The summed E-state index contributed by atoms with van der Waals surface area (Å²) in [6.07, 6.45) is 1.84. The second kappa shape index (κ2) is 7.71. The molecule has 0 aliphatic heterocycles. The third-order valence-corrected chi connectivity index (χ3v) is 2.45. The maximum Gasteiger partial charge on any atom is 0.344 e. The van der Waals surface area contributed by atoms with Crippen molar-refractivity contribution in [3.8, 4) is 5.75 Å². The number of hydrogen-bond acceptors (Lipinski definition) is 4. The summed E-state index contributed by atoms with van der Waals surface area (Å²) in [4.78, 5) is 11.2. The highest BCUT2D eigenvalue weighted by Gasteiger charge is 2.04. The van der Waals surface area contributed by atoms with E-state index in [1.165, 1.54) is 0 Å². The molecule has 0 aliphatic rings. The largest absolute Gasteiger partial charge is 0.482 e. The fourth-order valence-corrected chi connectivity index (χ4v) is 1.53. The van der Waals surface area contributed by atoms with Crippen molar-refractivity contribution in [1.82, 2.24) is 0 Å². The molecule has 18 heavy (non-hydrogen) atoms. The zero-order chi connectivity index (χ0) is 13.4. The van der Waals surface area contributed by atoms with Crippen LogP contribution in [0.1, 0.15) is 25.8 Å². The number of ether oxygens (including phenoxy) is 2. The van der Waals surface area contributed by atoms with Crippen molar-refractivity contribution in [3.05, 3.63) is 29.8 Å². The highest BCUT2D eigenvalue weighted by molar-refractivity contribution is 5.71. The fraction of sp³-hybridized carbons (Fsp3) is 0.500. The van der Waals surface area contributed by atoms with Crippen LogP contribution in [-0.2, 0) is 16.0 Å². The highest BCUT2D eigenvalue weighted by atomic mass is 16.6. The first-order valence-corrected chi connectivity index (χ1v) is 6.24. The summed E-state index contributed by atoms with van der Waals surface area (Å²) < 4.78 is 10.2.